The van der Waals surface area contributed by atoms with Gasteiger partial charge in [-0.05, 0) is 12.1 Å². The molecule has 1 heterocycles. The SMILES string of the molecule is N#[N+]/C=C(\O)N1CC(=O)Nc2ccccc21. The fraction of sp³-hybridized carbons (Fsp3) is 0.100. The second-order valence-corrected chi connectivity index (χ2v) is 3.25. The largest absolute Gasteiger partial charge is 0.489 e. The fourth-order valence-corrected chi connectivity index (χ4v) is 1.56. The third-order valence-corrected chi connectivity index (χ3v) is 2.22. The molecule has 0 aromatic heterocycles. The number of aliphatic hydroxyl groups excluding tert-OH is 1. The zero-order chi connectivity index (χ0) is 11.5. The zero-order valence-corrected chi connectivity index (χ0v) is 8.29. The van der Waals surface area contributed by atoms with Gasteiger partial charge in [0.25, 0.3) is 5.88 Å². The summed E-state index contributed by atoms with van der Waals surface area (Å²) in [5.74, 6) is -0.526. The number of carbonyl (C=O) groups excluding carboxylic acids is 1. The summed E-state index contributed by atoms with van der Waals surface area (Å²) in [6.45, 7) is -0.0190. The van der Waals surface area contributed by atoms with E-state index in [9.17, 15) is 9.90 Å². The molecule has 0 atom stereocenters. The Balaban J connectivity index is 2.46. The summed E-state index contributed by atoms with van der Waals surface area (Å²) in [5, 5.41) is 20.6. The number of benzene rings is 1. The van der Waals surface area contributed by atoms with Crippen LogP contribution >= 0.6 is 0 Å². The Morgan fingerprint density at radius 2 is 2.31 bits per heavy atom. The van der Waals surface area contributed by atoms with Gasteiger partial charge in [0.2, 0.25) is 11.3 Å². The van der Waals surface area contributed by atoms with E-state index >= 15 is 0 Å². The summed E-state index contributed by atoms with van der Waals surface area (Å²) < 4.78 is 0. The second-order valence-electron chi connectivity index (χ2n) is 3.25. The van der Waals surface area contributed by atoms with E-state index < -0.39 is 0 Å². The quantitative estimate of drug-likeness (QED) is 0.553. The van der Waals surface area contributed by atoms with Crippen LogP contribution in [0, 0.1) is 5.39 Å². The molecule has 0 bridgehead atoms. The summed E-state index contributed by atoms with van der Waals surface area (Å²) in [6, 6.07) is 7.03. The molecule has 2 rings (SSSR count). The Morgan fingerprint density at radius 3 is 3.06 bits per heavy atom. The van der Waals surface area contributed by atoms with Crippen molar-refractivity contribution in [2.75, 3.05) is 16.8 Å². The van der Waals surface area contributed by atoms with Crippen molar-refractivity contribution in [3.8, 4) is 0 Å². The van der Waals surface area contributed by atoms with E-state index in [0.717, 1.165) is 6.20 Å². The van der Waals surface area contributed by atoms with Crippen molar-refractivity contribution in [2.24, 2.45) is 0 Å². The maximum atomic E-state index is 11.4. The lowest BCUT2D eigenvalue weighted by atomic mass is 10.2. The molecule has 0 radical (unpaired) electrons. The molecule has 2 N–H and O–H groups in total. The number of hydrogen-bond acceptors (Lipinski definition) is 4. The van der Waals surface area contributed by atoms with Crippen LogP contribution in [0.15, 0.2) is 36.3 Å². The van der Waals surface area contributed by atoms with Gasteiger partial charge in [-0.3, -0.25) is 9.69 Å². The van der Waals surface area contributed by atoms with Crippen molar-refractivity contribution in [1.82, 2.24) is 0 Å². The number of carbonyl (C=O) groups is 1. The number of anilines is 2. The maximum absolute atomic E-state index is 11.4. The molecule has 1 aromatic carbocycles. The molecule has 6 nitrogen and oxygen atoms in total. The molecular weight excluding hydrogens is 208 g/mol. The summed E-state index contributed by atoms with van der Waals surface area (Å²) in [7, 11) is 0. The third kappa shape index (κ3) is 1.66. The van der Waals surface area contributed by atoms with Gasteiger partial charge in [-0.1, -0.05) is 12.1 Å². The standard InChI is InChI=1S/C10H8N4O2/c11-12-5-10(16)14-6-9(15)13-7-3-1-2-4-8(7)14/h1-5H,6H2,(H-,13,15,16)/p+1/b10-5-. The molecule has 0 aliphatic carbocycles. The summed E-state index contributed by atoms with van der Waals surface area (Å²) in [6.07, 6.45) is 0.870. The Kier molecular flexibility index (Phi) is 2.44. The predicted molar refractivity (Wildman–Crippen MR) is 58.2 cm³/mol. The first-order valence-corrected chi connectivity index (χ1v) is 4.62. The number of amides is 1. The van der Waals surface area contributed by atoms with E-state index in [0.29, 0.717) is 11.4 Å². The molecule has 80 valence electrons. The summed E-state index contributed by atoms with van der Waals surface area (Å²) >= 11 is 0. The van der Waals surface area contributed by atoms with Crippen molar-refractivity contribution in [3.05, 3.63) is 41.3 Å². The molecule has 0 saturated heterocycles. The van der Waals surface area contributed by atoms with Gasteiger partial charge < -0.3 is 10.4 Å². The number of diazo groups is 1. The van der Waals surface area contributed by atoms with Crippen LogP contribution in [0.25, 0.3) is 4.98 Å². The van der Waals surface area contributed by atoms with Gasteiger partial charge in [0.15, 0.2) is 4.98 Å². The second kappa shape index (κ2) is 3.90. The van der Waals surface area contributed by atoms with Crippen LogP contribution in [0.5, 0.6) is 0 Å². The topological polar surface area (TPSA) is 80.7 Å². The first kappa shape index (κ1) is 9.98. The lowest BCUT2D eigenvalue weighted by Crippen LogP contribution is -2.37. The smallest absolute Gasteiger partial charge is 0.409 e. The van der Waals surface area contributed by atoms with Crippen molar-refractivity contribution < 1.29 is 9.90 Å². The van der Waals surface area contributed by atoms with E-state index in [1.165, 1.54) is 4.90 Å². The minimum atomic E-state index is -0.287. The van der Waals surface area contributed by atoms with Crippen molar-refractivity contribution in [1.29, 1.82) is 5.39 Å². The maximum Gasteiger partial charge on any atom is 0.409 e. The Morgan fingerprint density at radius 1 is 1.56 bits per heavy atom. The lowest BCUT2D eigenvalue weighted by molar-refractivity contribution is -0.115. The molecule has 0 spiro atoms. The summed E-state index contributed by atoms with van der Waals surface area (Å²) in [5.41, 5.74) is 1.26. The molecule has 16 heavy (non-hydrogen) atoms. The van der Waals surface area contributed by atoms with Crippen LogP contribution in [-0.4, -0.2) is 17.6 Å². The van der Waals surface area contributed by atoms with Crippen LogP contribution in [-0.2, 0) is 4.79 Å². The number of para-hydroxylation sites is 2. The third-order valence-electron chi connectivity index (χ3n) is 2.22. The van der Waals surface area contributed by atoms with Crippen LogP contribution < -0.4 is 10.2 Å². The lowest BCUT2D eigenvalue weighted by Gasteiger charge is -2.28. The minimum absolute atomic E-state index is 0.0190. The highest BCUT2D eigenvalue weighted by atomic mass is 16.3. The van der Waals surface area contributed by atoms with Gasteiger partial charge in [-0.15, -0.1) is 0 Å². The highest BCUT2D eigenvalue weighted by Crippen LogP contribution is 2.30. The normalized spacial score (nSPS) is 15.1. The van der Waals surface area contributed by atoms with Gasteiger partial charge >= 0.3 is 6.20 Å². The number of nitrogens with zero attached hydrogens (tertiary/aromatic N) is 3. The monoisotopic (exact) mass is 217 g/mol. The van der Waals surface area contributed by atoms with Gasteiger partial charge in [-0.25, -0.2) is 0 Å². The number of fused-ring (bicyclic) bond motifs is 1. The Hall–Kier alpha value is -2.55. The molecule has 1 aliphatic rings. The van der Waals surface area contributed by atoms with E-state index in [-0.39, 0.29) is 18.3 Å². The van der Waals surface area contributed by atoms with E-state index in [1.807, 2.05) is 0 Å². The van der Waals surface area contributed by atoms with E-state index in [2.05, 4.69) is 10.3 Å². The van der Waals surface area contributed by atoms with Crippen LogP contribution in [0.2, 0.25) is 0 Å². The van der Waals surface area contributed by atoms with Crippen molar-refractivity contribution in [3.63, 3.8) is 0 Å². The van der Waals surface area contributed by atoms with Gasteiger partial charge in [0.1, 0.15) is 6.54 Å². The molecule has 1 aliphatic heterocycles. The Bertz CT molecular complexity index is 504. The number of rotatable bonds is 1. The first-order valence-electron chi connectivity index (χ1n) is 4.62. The zero-order valence-electron chi connectivity index (χ0n) is 8.29. The Labute approximate surface area is 91.4 Å². The fourth-order valence-electron chi connectivity index (χ4n) is 1.56. The molecule has 1 aromatic rings. The predicted octanol–water partition coefficient (Wildman–Crippen LogP) is 1.66. The molecule has 0 unspecified atom stereocenters. The van der Waals surface area contributed by atoms with Gasteiger partial charge in [0, 0.05) is 0 Å². The van der Waals surface area contributed by atoms with Gasteiger partial charge in [0.05, 0.1) is 11.4 Å². The summed E-state index contributed by atoms with van der Waals surface area (Å²) in [4.78, 5) is 15.4. The van der Waals surface area contributed by atoms with Crippen molar-refractivity contribution in [2.45, 2.75) is 0 Å². The van der Waals surface area contributed by atoms with Crippen molar-refractivity contribution >= 4 is 17.3 Å². The van der Waals surface area contributed by atoms with E-state index in [1.54, 1.807) is 24.3 Å². The highest BCUT2D eigenvalue weighted by molar-refractivity contribution is 6.01. The molecule has 1 amide bonds. The molecular formula is C10H9N4O2+. The highest BCUT2D eigenvalue weighted by Gasteiger charge is 2.25. The molecule has 0 fully saturated rings. The van der Waals surface area contributed by atoms with Gasteiger partial charge in [-0.2, -0.15) is 0 Å². The minimum Gasteiger partial charge on any atom is -0.489 e. The van der Waals surface area contributed by atoms with Crippen LogP contribution in [0.1, 0.15) is 0 Å². The van der Waals surface area contributed by atoms with Crippen LogP contribution in [0.3, 0.4) is 0 Å². The van der Waals surface area contributed by atoms with Crippen LogP contribution in [0.4, 0.5) is 11.4 Å². The number of aliphatic hydroxyl groups is 1. The first-order chi connectivity index (χ1) is 7.72. The average molecular weight is 217 g/mol. The number of nitrogens with one attached hydrogen (secondary N) is 1. The molecule has 0 saturated carbocycles. The van der Waals surface area contributed by atoms with E-state index in [4.69, 9.17) is 5.39 Å². The molecule has 6 heteroatoms. The number of hydrogen-bond donors (Lipinski definition) is 2. The average Bonchev–Trinajstić information content (AvgIpc) is 2.28.